The van der Waals surface area contributed by atoms with Gasteiger partial charge in [-0.2, -0.15) is 8.78 Å². The molecule has 58 valence electrons. The summed E-state index contributed by atoms with van der Waals surface area (Å²) in [6.45, 7) is 1.42. The zero-order chi connectivity index (χ0) is 7.78. The van der Waals surface area contributed by atoms with Crippen LogP contribution >= 0.6 is 0 Å². The van der Waals surface area contributed by atoms with Crippen molar-refractivity contribution in [1.82, 2.24) is 0 Å². The van der Waals surface area contributed by atoms with E-state index < -0.39 is 11.7 Å². The number of rotatable bonds is 0. The molecule has 0 aromatic heterocycles. The lowest BCUT2D eigenvalue weighted by molar-refractivity contribution is -0.000204. The molecule has 0 atom stereocenters. The molecule has 10 heavy (non-hydrogen) atoms. The van der Waals surface area contributed by atoms with E-state index in [1.807, 2.05) is 0 Å². The van der Waals surface area contributed by atoms with Gasteiger partial charge in [0.05, 0.1) is 0 Å². The summed E-state index contributed by atoms with van der Waals surface area (Å²) in [6.07, 6.45) is 0.532. The smallest absolute Gasteiger partial charge is 0.205 e. The molecule has 0 N–H and O–H groups in total. The van der Waals surface area contributed by atoms with Crippen LogP contribution in [-0.4, -0.2) is 5.92 Å². The molecule has 0 aromatic rings. The van der Waals surface area contributed by atoms with Crippen molar-refractivity contribution in [3.63, 3.8) is 0 Å². The van der Waals surface area contributed by atoms with Crippen LogP contribution in [0.2, 0.25) is 0 Å². The van der Waals surface area contributed by atoms with E-state index >= 15 is 0 Å². The molecule has 1 rings (SSSR count). The van der Waals surface area contributed by atoms with Gasteiger partial charge in [0, 0.05) is 6.42 Å². The molecule has 0 saturated heterocycles. The van der Waals surface area contributed by atoms with E-state index in [4.69, 9.17) is 0 Å². The van der Waals surface area contributed by atoms with Gasteiger partial charge in [-0.05, 0) is 25.3 Å². The third kappa shape index (κ3) is 1.18. The third-order valence-electron chi connectivity index (χ3n) is 1.74. The molecule has 0 unspecified atom stereocenters. The van der Waals surface area contributed by atoms with E-state index in [0.717, 1.165) is 0 Å². The Morgan fingerprint density at radius 3 is 2.40 bits per heavy atom. The molecule has 0 nitrogen and oxygen atoms in total. The fourth-order valence-corrected chi connectivity index (χ4v) is 1.11. The van der Waals surface area contributed by atoms with Gasteiger partial charge in [-0.25, -0.2) is 4.39 Å². The first-order chi connectivity index (χ1) is 4.54. The van der Waals surface area contributed by atoms with Crippen molar-refractivity contribution in [3.8, 4) is 0 Å². The molecule has 0 heterocycles. The fraction of sp³-hybridized carbons (Fsp3) is 0.714. The van der Waals surface area contributed by atoms with Crippen molar-refractivity contribution >= 4 is 0 Å². The Morgan fingerprint density at radius 2 is 2.00 bits per heavy atom. The van der Waals surface area contributed by atoms with Crippen LogP contribution in [0.4, 0.5) is 13.2 Å². The molecular weight excluding hydrogens is 141 g/mol. The van der Waals surface area contributed by atoms with Crippen molar-refractivity contribution in [1.29, 1.82) is 0 Å². The highest BCUT2D eigenvalue weighted by atomic mass is 19.3. The van der Waals surface area contributed by atoms with Crippen molar-refractivity contribution in [2.24, 2.45) is 0 Å². The first-order valence-electron chi connectivity index (χ1n) is 3.27. The first kappa shape index (κ1) is 7.63. The topological polar surface area (TPSA) is 0 Å². The van der Waals surface area contributed by atoms with E-state index in [9.17, 15) is 13.2 Å². The summed E-state index contributed by atoms with van der Waals surface area (Å²) < 4.78 is 37.3. The minimum absolute atomic E-state index is 0.205. The maximum Gasteiger partial charge on any atom is 0.298 e. The number of halogens is 3. The molecule has 3 heteroatoms. The van der Waals surface area contributed by atoms with Crippen LogP contribution in [0.3, 0.4) is 0 Å². The van der Waals surface area contributed by atoms with Gasteiger partial charge in [-0.3, -0.25) is 0 Å². The summed E-state index contributed by atoms with van der Waals surface area (Å²) in [4.78, 5) is 0. The quantitative estimate of drug-likeness (QED) is 0.497. The maximum absolute atomic E-state index is 12.5. The Hall–Kier alpha value is -0.470. The van der Waals surface area contributed by atoms with Crippen molar-refractivity contribution in [3.05, 3.63) is 11.4 Å². The van der Waals surface area contributed by atoms with Crippen molar-refractivity contribution < 1.29 is 13.2 Å². The molecular formula is C7H9F3. The second kappa shape index (κ2) is 2.29. The first-order valence-corrected chi connectivity index (χ1v) is 3.27. The second-order valence-electron chi connectivity index (χ2n) is 2.65. The maximum atomic E-state index is 12.5. The lowest BCUT2D eigenvalue weighted by Crippen LogP contribution is -2.21. The lowest BCUT2D eigenvalue weighted by atomic mass is 9.97. The molecule has 0 saturated carbocycles. The van der Waals surface area contributed by atoms with Gasteiger partial charge in [-0.1, -0.05) is 0 Å². The Bertz CT molecular complexity index is 170. The average molecular weight is 150 g/mol. The van der Waals surface area contributed by atoms with Crippen LogP contribution in [0, 0.1) is 0 Å². The lowest BCUT2D eigenvalue weighted by Gasteiger charge is -2.20. The normalized spacial score (nSPS) is 25.2. The van der Waals surface area contributed by atoms with E-state index in [2.05, 4.69) is 0 Å². The number of hydrogen-bond donors (Lipinski definition) is 0. The Balaban J connectivity index is 2.89. The summed E-state index contributed by atoms with van der Waals surface area (Å²) in [5, 5.41) is 0. The van der Waals surface area contributed by atoms with Gasteiger partial charge in [-0.15, -0.1) is 0 Å². The van der Waals surface area contributed by atoms with Gasteiger partial charge < -0.3 is 0 Å². The summed E-state index contributed by atoms with van der Waals surface area (Å²) in [7, 11) is 0. The summed E-state index contributed by atoms with van der Waals surface area (Å²) in [5.41, 5.74) is 0.205. The molecule has 0 bridgehead atoms. The third-order valence-corrected chi connectivity index (χ3v) is 1.74. The van der Waals surface area contributed by atoms with Gasteiger partial charge in [0.2, 0.25) is 0 Å². The van der Waals surface area contributed by atoms with Crippen LogP contribution in [0.25, 0.3) is 0 Å². The molecule has 0 amide bonds. The highest BCUT2D eigenvalue weighted by Gasteiger charge is 2.38. The van der Waals surface area contributed by atoms with E-state index in [1.165, 1.54) is 6.92 Å². The van der Waals surface area contributed by atoms with Gasteiger partial charge in [0.25, 0.3) is 5.92 Å². The summed E-state index contributed by atoms with van der Waals surface area (Å²) in [6, 6.07) is 0. The molecule has 0 aliphatic heterocycles. The minimum Gasteiger partial charge on any atom is -0.205 e. The zero-order valence-corrected chi connectivity index (χ0v) is 5.76. The molecule has 0 aromatic carbocycles. The van der Waals surface area contributed by atoms with Crippen molar-refractivity contribution in [2.75, 3.05) is 0 Å². The summed E-state index contributed by atoms with van der Waals surface area (Å²) in [5.74, 6) is -4.39. The molecule has 1 aliphatic rings. The average Bonchev–Trinajstić information content (AvgIpc) is 1.83. The van der Waals surface area contributed by atoms with E-state index in [0.29, 0.717) is 12.8 Å². The standard InChI is InChI=1S/C7H9F3/c1-5-3-2-4-7(9,10)6(5)8/h2-4H2,1H3. The van der Waals surface area contributed by atoms with E-state index in [-0.39, 0.29) is 12.0 Å². The molecule has 0 spiro atoms. The minimum atomic E-state index is -3.18. The van der Waals surface area contributed by atoms with E-state index in [1.54, 1.807) is 0 Å². The zero-order valence-electron chi connectivity index (χ0n) is 5.76. The summed E-state index contributed by atoms with van der Waals surface area (Å²) >= 11 is 0. The monoisotopic (exact) mass is 150 g/mol. The fourth-order valence-electron chi connectivity index (χ4n) is 1.11. The Kier molecular flexibility index (Phi) is 1.75. The second-order valence-corrected chi connectivity index (χ2v) is 2.65. The SMILES string of the molecule is CC1=C(F)C(F)(F)CCC1. The number of alkyl halides is 2. The predicted octanol–water partition coefficient (Wildman–Crippen LogP) is 3.05. The van der Waals surface area contributed by atoms with Crippen LogP contribution in [0.15, 0.2) is 11.4 Å². The molecule has 1 aliphatic carbocycles. The van der Waals surface area contributed by atoms with Gasteiger partial charge in [0.15, 0.2) is 5.83 Å². The van der Waals surface area contributed by atoms with Crippen LogP contribution in [-0.2, 0) is 0 Å². The van der Waals surface area contributed by atoms with Crippen LogP contribution in [0.5, 0.6) is 0 Å². The highest BCUT2D eigenvalue weighted by Crippen LogP contribution is 2.38. The van der Waals surface area contributed by atoms with Crippen LogP contribution < -0.4 is 0 Å². The largest absolute Gasteiger partial charge is 0.298 e. The van der Waals surface area contributed by atoms with Gasteiger partial charge >= 0.3 is 0 Å². The molecule has 0 fully saturated rings. The number of allylic oxidation sites excluding steroid dienone is 2. The van der Waals surface area contributed by atoms with Crippen molar-refractivity contribution in [2.45, 2.75) is 32.1 Å². The highest BCUT2D eigenvalue weighted by molar-refractivity contribution is 5.16. The molecule has 0 radical (unpaired) electrons. The van der Waals surface area contributed by atoms with Gasteiger partial charge in [0.1, 0.15) is 0 Å². The van der Waals surface area contributed by atoms with Crippen LogP contribution in [0.1, 0.15) is 26.2 Å². The predicted molar refractivity (Wildman–Crippen MR) is 32.6 cm³/mol. The Labute approximate surface area is 57.7 Å². The number of hydrogen-bond acceptors (Lipinski definition) is 0. The Morgan fingerprint density at radius 1 is 1.40 bits per heavy atom.